The Morgan fingerprint density at radius 1 is 1.04 bits per heavy atom. The van der Waals surface area contributed by atoms with Crippen LogP contribution in [-0.4, -0.2) is 24.1 Å². The van der Waals surface area contributed by atoms with Gasteiger partial charge in [-0.05, 0) is 31.0 Å². The van der Waals surface area contributed by atoms with E-state index in [0.717, 1.165) is 16.0 Å². The molecule has 132 valence electrons. The molecule has 2 aromatic carbocycles. The highest BCUT2D eigenvalue weighted by Crippen LogP contribution is 2.24. The van der Waals surface area contributed by atoms with E-state index in [-0.39, 0.29) is 6.04 Å². The van der Waals surface area contributed by atoms with Crippen LogP contribution in [0, 0.1) is 12.8 Å². The van der Waals surface area contributed by atoms with Gasteiger partial charge in [0, 0.05) is 6.21 Å². The van der Waals surface area contributed by atoms with E-state index in [1.54, 1.807) is 25.1 Å². The van der Waals surface area contributed by atoms with Crippen LogP contribution in [0.25, 0.3) is 0 Å². The van der Waals surface area contributed by atoms with Gasteiger partial charge in [-0.2, -0.15) is 0 Å². The van der Waals surface area contributed by atoms with Gasteiger partial charge in [0.1, 0.15) is 0 Å². The van der Waals surface area contributed by atoms with Crippen molar-refractivity contribution in [1.82, 2.24) is 5.32 Å². The van der Waals surface area contributed by atoms with Gasteiger partial charge >= 0.3 is 6.03 Å². The van der Waals surface area contributed by atoms with Gasteiger partial charge in [0.2, 0.25) is 5.91 Å². The molecule has 2 aromatic rings. The Labute approximate surface area is 151 Å². The van der Waals surface area contributed by atoms with E-state index in [0.29, 0.717) is 5.69 Å². The quantitative estimate of drug-likeness (QED) is 0.681. The smallest absolute Gasteiger partial charge is 0.288 e. The molecule has 6 heteroatoms. The summed E-state index contributed by atoms with van der Waals surface area (Å²) in [6.45, 7) is 3.67. The Bertz CT molecular complexity index is 877. The van der Waals surface area contributed by atoms with E-state index in [1.165, 1.54) is 6.21 Å². The second kappa shape index (κ2) is 7.31. The van der Waals surface area contributed by atoms with Gasteiger partial charge in [0.05, 0.1) is 11.7 Å². The van der Waals surface area contributed by atoms with E-state index >= 15 is 0 Å². The molecule has 0 bridgehead atoms. The molecule has 2 atom stereocenters. The average molecular weight is 349 g/mol. The molecule has 0 aromatic heterocycles. The molecule has 1 aliphatic heterocycles. The number of aryl methyl sites for hydroxylation is 1. The second-order valence-corrected chi connectivity index (χ2v) is 6.12. The first-order chi connectivity index (χ1) is 12.5. The van der Waals surface area contributed by atoms with E-state index in [4.69, 9.17) is 0 Å². The zero-order valence-electron chi connectivity index (χ0n) is 14.5. The van der Waals surface area contributed by atoms with Crippen LogP contribution in [0.4, 0.5) is 10.5 Å². The molecule has 1 saturated heterocycles. The minimum absolute atomic E-state index is 0.207. The fraction of sp³-hybridized carbons (Fsp3) is 0.200. The molecule has 3 rings (SSSR count). The van der Waals surface area contributed by atoms with Gasteiger partial charge in [-0.1, -0.05) is 48.5 Å². The maximum Gasteiger partial charge on any atom is 0.335 e. The number of hydrogen-bond donors (Lipinski definition) is 1. The molecule has 1 aliphatic rings. The molecule has 0 unspecified atom stereocenters. The maximum atomic E-state index is 12.8. The zero-order valence-corrected chi connectivity index (χ0v) is 14.5. The summed E-state index contributed by atoms with van der Waals surface area (Å²) in [5.41, 5.74) is 2.19. The predicted octanol–water partition coefficient (Wildman–Crippen LogP) is 3.03. The highest BCUT2D eigenvalue weighted by molar-refractivity contribution is 6.32. The fourth-order valence-electron chi connectivity index (χ4n) is 2.80. The Kier molecular flexibility index (Phi) is 4.93. The minimum Gasteiger partial charge on any atom is -0.288 e. The van der Waals surface area contributed by atoms with Crippen LogP contribution in [0.1, 0.15) is 24.1 Å². The van der Waals surface area contributed by atoms with Gasteiger partial charge in [-0.3, -0.25) is 19.9 Å². The van der Waals surface area contributed by atoms with Crippen LogP contribution in [0.15, 0.2) is 59.6 Å². The second-order valence-electron chi connectivity index (χ2n) is 6.12. The van der Waals surface area contributed by atoms with Crippen molar-refractivity contribution < 1.29 is 14.4 Å². The Morgan fingerprint density at radius 3 is 2.38 bits per heavy atom. The van der Waals surface area contributed by atoms with Crippen molar-refractivity contribution in [2.45, 2.75) is 19.9 Å². The van der Waals surface area contributed by atoms with Crippen molar-refractivity contribution in [2.24, 2.45) is 10.9 Å². The number of carbonyl (C=O) groups excluding carboxylic acids is 3. The summed E-state index contributed by atoms with van der Waals surface area (Å²) in [7, 11) is 0. The summed E-state index contributed by atoms with van der Waals surface area (Å²) >= 11 is 0. The third kappa shape index (κ3) is 3.39. The number of imide groups is 2. The summed E-state index contributed by atoms with van der Waals surface area (Å²) in [6.07, 6.45) is 1.33. The van der Waals surface area contributed by atoms with Crippen molar-refractivity contribution >= 4 is 29.7 Å². The lowest BCUT2D eigenvalue weighted by molar-refractivity contribution is -0.131. The lowest BCUT2D eigenvalue weighted by Crippen LogP contribution is -2.58. The largest absolute Gasteiger partial charge is 0.335 e. The summed E-state index contributed by atoms with van der Waals surface area (Å²) < 4.78 is 0. The number of benzene rings is 2. The first-order valence-corrected chi connectivity index (χ1v) is 8.31. The number of nitrogens with one attached hydrogen (secondary N) is 1. The molecule has 1 fully saturated rings. The topological polar surface area (TPSA) is 78.8 Å². The summed E-state index contributed by atoms with van der Waals surface area (Å²) in [5, 5.41) is 2.24. The fourth-order valence-corrected chi connectivity index (χ4v) is 2.80. The summed E-state index contributed by atoms with van der Waals surface area (Å²) in [6, 6.07) is 15.6. The van der Waals surface area contributed by atoms with Crippen LogP contribution in [0.2, 0.25) is 0 Å². The van der Waals surface area contributed by atoms with Gasteiger partial charge in [0.15, 0.2) is 5.92 Å². The molecule has 1 N–H and O–H groups in total. The van der Waals surface area contributed by atoms with Crippen molar-refractivity contribution in [3.63, 3.8) is 0 Å². The van der Waals surface area contributed by atoms with Crippen LogP contribution < -0.4 is 10.2 Å². The zero-order chi connectivity index (χ0) is 18.7. The minimum atomic E-state index is -1.14. The highest BCUT2D eigenvalue weighted by atomic mass is 16.2. The van der Waals surface area contributed by atoms with E-state index in [2.05, 4.69) is 10.3 Å². The number of hydrogen-bond acceptors (Lipinski definition) is 4. The number of carbonyl (C=O) groups is 3. The van der Waals surface area contributed by atoms with Crippen molar-refractivity contribution in [3.8, 4) is 0 Å². The number of barbiturate groups is 1. The Hall–Kier alpha value is -3.28. The SMILES string of the molecule is Cc1ccccc1N1C(=O)NC(=O)[C@@H](C=N[C@H](C)c2ccccc2)C1=O. The molecule has 4 amide bonds. The summed E-state index contributed by atoms with van der Waals surface area (Å²) in [5.74, 6) is -2.40. The van der Waals surface area contributed by atoms with E-state index in [1.807, 2.05) is 43.3 Å². The van der Waals surface area contributed by atoms with Crippen molar-refractivity contribution in [1.29, 1.82) is 0 Å². The number of rotatable bonds is 4. The lowest BCUT2D eigenvalue weighted by atomic mass is 10.0. The third-order valence-electron chi connectivity index (χ3n) is 4.30. The molecule has 0 saturated carbocycles. The Morgan fingerprint density at radius 2 is 1.69 bits per heavy atom. The van der Waals surface area contributed by atoms with Crippen LogP contribution in [0.3, 0.4) is 0 Å². The number of nitrogens with zero attached hydrogens (tertiary/aromatic N) is 2. The van der Waals surface area contributed by atoms with Gasteiger partial charge in [-0.15, -0.1) is 0 Å². The predicted molar refractivity (Wildman–Crippen MR) is 99.0 cm³/mol. The standard InChI is InChI=1S/C20H19N3O3/c1-13-8-6-7-11-17(13)23-19(25)16(18(24)22-20(23)26)12-21-14(2)15-9-4-3-5-10-15/h3-12,14,16H,1-2H3,(H,22,24,26)/t14-,16-/m1/s1. The lowest BCUT2D eigenvalue weighted by Gasteiger charge is -2.29. The summed E-state index contributed by atoms with van der Waals surface area (Å²) in [4.78, 5) is 42.5. The maximum absolute atomic E-state index is 12.8. The number of anilines is 1. The van der Waals surface area contributed by atoms with Crippen LogP contribution >= 0.6 is 0 Å². The first-order valence-electron chi connectivity index (χ1n) is 8.31. The molecular weight excluding hydrogens is 330 g/mol. The number of aliphatic imine (C=N–C) groups is 1. The molecule has 0 spiro atoms. The molecule has 0 radical (unpaired) electrons. The van der Waals surface area contributed by atoms with Crippen LogP contribution in [0.5, 0.6) is 0 Å². The average Bonchev–Trinajstić information content (AvgIpc) is 2.63. The monoisotopic (exact) mass is 349 g/mol. The molecule has 1 heterocycles. The first kappa shape index (κ1) is 17.5. The highest BCUT2D eigenvalue weighted by Gasteiger charge is 2.40. The van der Waals surface area contributed by atoms with E-state index < -0.39 is 23.8 Å². The normalized spacial score (nSPS) is 18.9. The van der Waals surface area contributed by atoms with Crippen LogP contribution in [-0.2, 0) is 9.59 Å². The number of para-hydroxylation sites is 1. The van der Waals surface area contributed by atoms with Gasteiger partial charge in [-0.25, -0.2) is 9.69 Å². The van der Waals surface area contributed by atoms with Gasteiger partial charge < -0.3 is 0 Å². The Balaban J connectivity index is 1.86. The van der Waals surface area contributed by atoms with Crippen molar-refractivity contribution in [2.75, 3.05) is 4.90 Å². The van der Waals surface area contributed by atoms with Crippen molar-refractivity contribution in [3.05, 3.63) is 65.7 Å². The third-order valence-corrected chi connectivity index (χ3v) is 4.30. The molecule has 0 aliphatic carbocycles. The number of amides is 4. The van der Waals surface area contributed by atoms with E-state index in [9.17, 15) is 14.4 Å². The van der Waals surface area contributed by atoms with Gasteiger partial charge in [0.25, 0.3) is 5.91 Å². The molecule has 6 nitrogen and oxygen atoms in total. The molecular formula is C20H19N3O3. The molecule has 26 heavy (non-hydrogen) atoms. The number of urea groups is 1.